The first-order valence-electron chi connectivity index (χ1n) is 9.15. The molecule has 0 spiro atoms. The number of ether oxygens (including phenoxy) is 1. The van der Waals surface area contributed by atoms with E-state index in [2.05, 4.69) is 27.5 Å². The van der Waals surface area contributed by atoms with Gasteiger partial charge in [0.05, 0.1) is 5.69 Å². The van der Waals surface area contributed by atoms with Crippen LogP contribution >= 0.6 is 0 Å². The number of carbonyl (C=O) groups is 1. The second-order valence-electron chi connectivity index (χ2n) is 6.70. The van der Waals surface area contributed by atoms with Crippen LogP contribution in [-0.4, -0.2) is 45.8 Å². The number of nitrogens with one attached hydrogen (secondary N) is 2. The molecule has 0 aliphatic carbocycles. The lowest BCUT2D eigenvalue weighted by Crippen LogP contribution is -2.57. The smallest absolute Gasteiger partial charge is 0.266 e. The van der Waals surface area contributed by atoms with E-state index in [0.29, 0.717) is 23.8 Å². The summed E-state index contributed by atoms with van der Waals surface area (Å²) in [5, 5.41) is 30.2. The molecule has 4 N–H and O–H groups in total. The largest absolute Gasteiger partial charge is 0.385 e. The number of aryl methyl sites for hydroxylation is 1. The fraction of sp³-hybridized carbons (Fsp3) is 0.526. The van der Waals surface area contributed by atoms with Crippen molar-refractivity contribution in [1.82, 2.24) is 21.1 Å². The van der Waals surface area contributed by atoms with E-state index in [0.717, 1.165) is 19.3 Å². The van der Waals surface area contributed by atoms with Crippen molar-refractivity contribution in [2.75, 3.05) is 13.7 Å². The van der Waals surface area contributed by atoms with E-state index in [-0.39, 0.29) is 12.2 Å². The van der Waals surface area contributed by atoms with Gasteiger partial charge < -0.3 is 18.9 Å². The van der Waals surface area contributed by atoms with Gasteiger partial charge in [0.2, 0.25) is 5.76 Å². The minimum atomic E-state index is -1.61. The van der Waals surface area contributed by atoms with E-state index < -0.39 is 17.6 Å². The Kier molecular flexibility index (Phi) is 8.35. The molecular formula is C19H26N4O6. The Bertz CT molecular complexity index is 852. The molecule has 0 radical (unpaired) electrons. The van der Waals surface area contributed by atoms with E-state index in [1.807, 2.05) is 0 Å². The monoisotopic (exact) mass is 406 g/mol. The van der Waals surface area contributed by atoms with Crippen LogP contribution in [0.3, 0.4) is 0 Å². The molecular weight excluding hydrogens is 380 g/mol. The van der Waals surface area contributed by atoms with Gasteiger partial charge in [-0.2, -0.15) is 0 Å². The van der Waals surface area contributed by atoms with E-state index in [4.69, 9.17) is 19.0 Å². The van der Waals surface area contributed by atoms with Gasteiger partial charge in [-0.15, -0.1) is 0 Å². The van der Waals surface area contributed by atoms with Crippen molar-refractivity contribution in [2.24, 2.45) is 0 Å². The number of methoxy groups -OCH3 is 1. The predicted molar refractivity (Wildman–Crippen MR) is 100 cm³/mol. The van der Waals surface area contributed by atoms with Gasteiger partial charge in [0.25, 0.3) is 5.91 Å². The molecule has 0 aliphatic rings. The molecule has 10 heteroatoms. The van der Waals surface area contributed by atoms with Crippen molar-refractivity contribution in [2.45, 2.75) is 51.3 Å². The van der Waals surface area contributed by atoms with Gasteiger partial charge in [-0.05, 0) is 32.6 Å². The molecule has 0 saturated heterocycles. The van der Waals surface area contributed by atoms with Gasteiger partial charge >= 0.3 is 0 Å². The Hall–Kier alpha value is -2.71. The third-order valence-corrected chi connectivity index (χ3v) is 4.35. The summed E-state index contributed by atoms with van der Waals surface area (Å²) in [6.07, 6.45) is 1.20. The molecule has 2 aromatic heterocycles. The zero-order valence-corrected chi connectivity index (χ0v) is 16.7. The Balaban J connectivity index is 2.00. The summed E-state index contributed by atoms with van der Waals surface area (Å²) in [6.45, 7) is 3.88. The lowest BCUT2D eigenvalue weighted by molar-refractivity contribution is -0.141. The van der Waals surface area contributed by atoms with Crippen LogP contribution in [0.25, 0.3) is 0 Å². The summed E-state index contributed by atoms with van der Waals surface area (Å²) in [5.41, 5.74) is 0.586. The molecule has 1 amide bonds. The number of unbranched alkanes of at least 4 members (excludes halogenated alkanes) is 2. The number of hydrogen-bond donors (Lipinski definition) is 4. The number of carbonyl (C=O) groups excluding carboxylic acids is 1. The van der Waals surface area contributed by atoms with Crippen LogP contribution in [0.2, 0.25) is 0 Å². The molecule has 0 saturated carbocycles. The maximum Gasteiger partial charge on any atom is 0.266 e. The normalized spacial score (nSPS) is 14.0. The van der Waals surface area contributed by atoms with Gasteiger partial charge in [-0.1, -0.05) is 16.2 Å². The van der Waals surface area contributed by atoms with E-state index >= 15 is 0 Å². The number of rotatable bonds is 10. The van der Waals surface area contributed by atoms with Crippen LogP contribution < -0.4 is 10.8 Å². The second-order valence-corrected chi connectivity index (χ2v) is 6.70. The Morgan fingerprint density at radius 1 is 1.34 bits per heavy atom. The molecule has 2 heterocycles. The molecule has 2 atom stereocenters. The van der Waals surface area contributed by atoms with Crippen molar-refractivity contribution in [3.8, 4) is 11.8 Å². The van der Waals surface area contributed by atoms with Crippen molar-refractivity contribution < 1.29 is 28.9 Å². The summed E-state index contributed by atoms with van der Waals surface area (Å²) >= 11 is 0. The van der Waals surface area contributed by atoms with Crippen LogP contribution in [0.15, 0.2) is 21.2 Å². The number of aliphatic hydroxyl groups is 1. The number of amides is 1. The summed E-state index contributed by atoms with van der Waals surface area (Å²) in [6, 6.07) is 3.14. The number of nitrogens with zero attached hydrogens (tertiary/aromatic N) is 2. The van der Waals surface area contributed by atoms with Gasteiger partial charge in [-0.3, -0.25) is 15.3 Å². The summed E-state index contributed by atoms with van der Waals surface area (Å²) < 4.78 is 15.1. The molecule has 2 aromatic rings. The van der Waals surface area contributed by atoms with Crippen molar-refractivity contribution in [1.29, 1.82) is 0 Å². The molecule has 0 aliphatic heterocycles. The van der Waals surface area contributed by atoms with Gasteiger partial charge in [0.15, 0.2) is 0 Å². The van der Waals surface area contributed by atoms with Crippen molar-refractivity contribution in [3.63, 3.8) is 0 Å². The summed E-state index contributed by atoms with van der Waals surface area (Å²) in [5.74, 6) is 5.92. The molecule has 0 bridgehead atoms. The molecule has 0 aromatic carbocycles. The highest BCUT2D eigenvalue weighted by Gasteiger charge is 2.43. The molecule has 29 heavy (non-hydrogen) atoms. The number of hydroxylamine groups is 1. The van der Waals surface area contributed by atoms with Crippen molar-refractivity contribution >= 4 is 5.91 Å². The van der Waals surface area contributed by atoms with Gasteiger partial charge in [-0.25, -0.2) is 5.48 Å². The van der Waals surface area contributed by atoms with Crippen LogP contribution in [0.1, 0.15) is 55.2 Å². The van der Waals surface area contributed by atoms with Gasteiger partial charge in [0, 0.05) is 38.8 Å². The van der Waals surface area contributed by atoms with Crippen LogP contribution in [-0.2, 0) is 16.1 Å². The molecule has 0 fully saturated rings. The van der Waals surface area contributed by atoms with E-state index in [1.165, 1.54) is 13.0 Å². The fourth-order valence-corrected chi connectivity index (χ4v) is 2.57. The third-order valence-electron chi connectivity index (χ3n) is 4.35. The highest BCUT2D eigenvalue weighted by Crippen LogP contribution is 2.26. The maximum absolute atomic E-state index is 12.2. The second kappa shape index (κ2) is 10.7. The number of aliphatic hydroxyl groups excluding tert-OH is 1. The molecule has 2 rings (SSSR count). The average molecular weight is 406 g/mol. The SMILES string of the molecule is COCCCCC#Cc1cc(CN[C@](C)(C(=O)NO)[C@@H](O)c2cc(C)on2)no1. The first-order valence-corrected chi connectivity index (χ1v) is 9.15. The van der Waals surface area contributed by atoms with E-state index in [1.54, 1.807) is 25.6 Å². The first kappa shape index (κ1) is 22.6. The predicted octanol–water partition coefficient (Wildman–Crippen LogP) is 1.23. The van der Waals surface area contributed by atoms with Gasteiger partial charge in [0.1, 0.15) is 23.1 Å². The Morgan fingerprint density at radius 3 is 2.79 bits per heavy atom. The van der Waals surface area contributed by atoms with Crippen LogP contribution in [0.4, 0.5) is 0 Å². The Labute approximate surface area is 168 Å². The number of hydrogen-bond acceptors (Lipinski definition) is 9. The first-order chi connectivity index (χ1) is 13.9. The zero-order chi connectivity index (χ0) is 21.3. The molecule has 10 nitrogen and oxygen atoms in total. The molecule has 158 valence electrons. The quantitative estimate of drug-likeness (QED) is 0.198. The van der Waals surface area contributed by atoms with E-state index in [9.17, 15) is 9.90 Å². The minimum absolute atomic E-state index is 0.0802. The maximum atomic E-state index is 12.2. The third kappa shape index (κ3) is 6.13. The molecule has 0 unspecified atom stereocenters. The van der Waals surface area contributed by atoms with Crippen molar-refractivity contribution in [3.05, 3.63) is 35.0 Å². The highest BCUT2D eigenvalue weighted by atomic mass is 16.5. The van der Waals surface area contributed by atoms with Crippen LogP contribution in [0, 0.1) is 18.8 Å². The fourth-order valence-electron chi connectivity index (χ4n) is 2.57. The Morgan fingerprint density at radius 2 is 2.14 bits per heavy atom. The van der Waals surface area contributed by atoms with Crippen LogP contribution in [0.5, 0.6) is 0 Å². The highest BCUT2D eigenvalue weighted by molar-refractivity contribution is 5.85. The lowest BCUT2D eigenvalue weighted by Gasteiger charge is -2.31. The average Bonchev–Trinajstić information content (AvgIpc) is 3.36. The topological polar surface area (TPSA) is 143 Å². The zero-order valence-electron chi connectivity index (χ0n) is 16.7. The summed E-state index contributed by atoms with van der Waals surface area (Å²) in [4.78, 5) is 12.2. The standard InChI is InChI=1S/C19H26N4O6/c1-13-10-16(23-28-13)17(24)19(2,18(25)21-26)20-12-14-11-15(29-22-14)8-6-4-5-7-9-27-3/h10-11,17,20,24,26H,4-5,7,9,12H2,1-3H3,(H,21,25)/t17-,19-/m0/s1. The summed E-state index contributed by atoms with van der Waals surface area (Å²) in [7, 11) is 1.66. The number of aromatic nitrogens is 2. The minimum Gasteiger partial charge on any atom is -0.385 e. The lowest BCUT2D eigenvalue weighted by atomic mass is 9.91.